The Labute approximate surface area is 169 Å². The standard InChI is InChI=1S/C24H22FNO3/c1-17(24(28)26-16-15-18-7-11-21(25)12-8-18)29-22-13-9-20(10-14-22)23(27)19-5-3-2-4-6-19/h2-14,17H,15-16H2,1H3,(H,26,28)/t17-/m0/s1. The lowest BCUT2D eigenvalue weighted by Crippen LogP contribution is -2.37. The number of hydrogen-bond donors (Lipinski definition) is 1. The van der Waals surface area contributed by atoms with Crippen molar-refractivity contribution in [2.24, 2.45) is 0 Å². The highest BCUT2D eigenvalue weighted by Crippen LogP contribution is 2.17. The Morgan fingerprint density at radius 2 is 1.52 bits per heavy atom. The maximum absolute atomic E-state index is 12.9. The lowest BCUT2D eigenvalue weighted by Gasteiger charge is -2.15. The molecule has 1 N–H and O–H groups in total. The van der Waals surface area contributed by atoms with E-state index in [0.717, 1.165) is 5.56 Å². The number of ketones is 1. The summed E-state index contributed by atoms with van der Waals surface area (Å²) >= 11 is 0. The normalized spacial score (nSPS) is 11.5. The first-order valence-corrected chi connectivity index (χ1v) is 9.41. The van der Waals surface area contributed by atoms with Crippen LogP contribution in [0, 0.1) is 5.82 Å². The lowest BCUT2D eigenvalue weighted by atomic mass is 10.0. The lowest BCUT2D eigenvalue weighted by molar-refractivity contribution is -0.127. The number of carbonyl (C=O) groups is 2. The number of carbonyl (C=O) groups excluding carboxylic acids is 2. The number of ether oxygens (including phenoxy) is 1. The highest BCUT2D eigenvalue weighted by atomic mass is 19.1. The Morgan fingerprint density at radius 1 is 0.897 bits per heavy atom. The first kappa shape index (κ1) is 20.3. The minimum absolute atomic E-state index is 0.0660. The molecule has 4 nitrogen and oxygen atoms in total. The van der Waals surface area contributed by atoms with E-state index in [1.54, 1.807) is 55.5 Å². The zero-order valence-corrected chi connectivity index (χ0v) is 16.1. The zero-order valence-electron chi connectivity index (χ0n) is 16.1. The van der Waals surface area contributed by atoms with Gasteiger partial charge in [0.2, 0.25) is 0 Å². The van der Waals surface area contributed by atoms with Crippen molar-refractivity contribution in [3.63, 3.8) is 0 Å². The average molecular weight is 391 g/mol. The third-order valence-corrected chi connectivity index (χ3v) is 4.46. The maximum atomic E-state index is 12.9. The van der Waals surface area contributed by atoms with Gasteiger partial charge in [0.1, 0.15) is 11.6 Å². The van der Waals surface area contributed by atoms with Crippen LogP contribution in [0.15, 0.2) is 78.9 Å². The average Bonchev–Trinajstić information content (AvgIpc) is 2.75. The quantitative estimate of drug-likeness (QED) is 0.586. The van der Waals surface area contributed by atoms with Crippen molar-refractivity contribution in [3.8, 4) is 5.75 Å². The summed E-state index contributed by atoms with van der Waals surface area (Å²) in [5.74, 6) is -0.0765. The van der Waals surface area contributed by atoms with Crippen LogP contribution in [0.4, 0.5) is 4.39 Å². The van der Waals surface area contributed by atoms with Crippen LogP contribution < -0.4 is 10.1 Å². The summed E-state index contributed by atoms with van der Waals surface area (Å²) in [4.78, 5) is 24.6. The van der Waals surface area contributed by atoms with Gasteiger partial charge in [-0.3, -0.25) is 9.59 Å². The second kappa shape index (κ2) is 9.64. The molecule has 0 unspecified atom stereocenters. The molecule has 0 saturated carbocycles. The molecular weight excluding hydrogens is 369 g/mol. The molecule has 29 heavy (non-hydrogen) atoms. The third kappa shape index (κ3) is 5.75. The largest absolute Gasteiger partial charge is 0.481 e. The SMILES string of the molecule is C[C@H](Oc1ccc(C(=O)c2ccccc2)cc1)C(=O)NCCc1ccc(F)cc1. The molecule has 0 aromatic heterocycles. The molecule has 0 spiro atoms. The van der Waals surface area contributed by atoms with Crippen molar-refractivity contribution >= 4 is 11.7 Å². The summed E-state index contributed by atoms with van der Waals surface area (Å²) in [6.45, 7) is 2.10. The van der Waals surface area contributed by atoms with Crippen molar-refractivity contribution in [2.75, 3.05) is 6.54 Å². The second-order valence-corrected chi connectivity index (χ2v) is 6.65. The van der Waals surface area contributed by atoms with Gasteiger partial charge in [-0.25, -0.2) is 4.39 Å². The molecule has 3 aromatic carbocycles. The Balaban J connectivity index is 1.49. The first-order valence-electron chi connectivity index (χ1n) is 9.41. The molecule has 148 valence electrons. The van der Waals surface area contributed by atoms with Crippen molar-refractivity contribution in [1.82, 2.24) is 5.32 Å². The second-order valence-electron chi connectivity index (χ2n) is 6.65. The van der Waals surface area contributed by atoms with Crippen molar-refractivity contribution < 1.29 is 18.7 Å². The van der Waals surface area contributed by atoms with E-state index in [-0.39, 0.29) is 17.5 Å². The molecule has 1 amide bonds. The fourth-order valence-corrected chi connectivity index (χ4v) is 2.82. The smallest absolute Gasteiger partial charge is 0.260 e. The summed E-state index contributed by atoms with van der Waals surface area (Å²) in [5, 5.41) is 2.81. The van der Waals surface area contributed by atoms with Crippen molar-refractivity contribution in [1.29, 1.82) is 0 Å². The van der Waals surface area contributed by atoms with E-state index in [1.165, 1.54) is 12.1 Å². The number of amides is 1. The van der Waals surface area contributed by atoms with Crippen LogP contribution in [0.1, 0.15) is 28.4 Å². The van der Waals surface area contributed by atoms with Gasteiger partial charge in [-0.15, -0.1) is 0 Å². The van der Waals surface area contributed by atoms with E-state index in [1.807, 2.05) is 18.2 Å². The van der Waals surface area contributed by atoms with Crippen LogP contribution in [0.3, 0.4) is 0 Å². The van der Waals surface area contributed by atoms with E-state index in [2.05, 4.69) is 5.32 Å². The van der Waals surface area contributed by atoms with E-state index in [4.69, 9.17) is 4.74 Å². The number of benzene rings is 3. The number of rotatable bonds is 8. The number of nitrogens with one attached hydrogen (secondary N) is 1. The summed E-state index contributed by atoms with van der Waals surface area (Å²) in [6, 6.07) is 22.0. The molecule has 0 aliphatic rings. The molecule has 0 heterocycles. The Bertz CT molecular complexity index is 954. The van der Waals surface area contributed by atoms with Gasteiger partial charge in [-0.1, -0.05) is 42.5 Å². The fraction of sp³-hybridized carbons (Fsp3) is 0.167. The van der Waals surface area contributed by atoms with E-state index in [0.29, 0.717) is 29.8 Å². The molecule has 3 aromatic rings. The van der Waals surface area contributed by atoms with Crippen LogP contribution in [0.5, 0.6) is 5.75 Å². The highest BCUT2D eigenvalue weighted by Gasteiger charge is 2.15. The zero-order chi connectivity index (χ0) is 20.6. The monoisotopic (exact) mass is 391 g/mol. The van der Waals surface area contributed by atoms with Gasteiger partial charge in [0.05, 0.1) is 0 Å². The molecule has 0 aliphatic carbocycles. The van der Waals surface area contributed by atoms with Crippen LogP contribution in [-0.2, 0) is 11.2 Å². The van der Waals surface area contributed by atoms with Gasteiger partial charge in [0.15, 0.2) is 11.9 Å². The number of hydrogen-bond acceptors (Lipinski definition) is 3. The predicted molar refractivity (Wildman–Crippen MR) is 110 cm³/mol. The van der Waals surface area contributed by atoms with Crippen LogP contribution >= 0.6 is 0 Å². The van der Waals surface area contributed by atoms with Gasteiger partial charge >= 0.3 is 0 Å². The summed E-state index contributed by atoms with van der Waals surface area (Å²) in [7, 11) is 0. The fourth-order valence-electron chi connectivity index (χ4n) is 2.82. The minimum Gasteiger partial charge on any atom is -0.481 e. The summed E-state index contributed by atoms with van der Waals surface area (Å²) in [5.41, 5.74) is 2.12. The molecular formula is C24H22FNO3. The molecule has 0 radical (unpaired) electrons. The molecule has 0 bridgehead atoms. The molecule has 5 heteroatoms. The molecule has 0 aliphatic heterocycles. The van der Waals surface area contributed by atoms with Crippen LogP contribution in [0.25, 0.3) is 0 Å². The molecule has 0 saturated heterocycles. The van der Waals surface area contributed by atoms with Gasteiger partial charge in [0, 0.05) is 17.7 Å². The van der Waals surface area contributed by atoms with Gasteiger partial charge in [-0.2, -0.15) is 0 Å². The molecule has 3 rings (SSSR count). The predicted octanol–water partition coefficient (Wildman–Crippen LogP) is 4.18. The number of halogens is 1. The Morgan fingerprint density at radius 3 is 2.17 bits per heavy atom. The van der Waals surface area contributed by atoms with E-state index in [9.17, 15) is 14.0 Å². The van der Waals surface area contributed by atoms with E-state index < -0.39 is 6.10 Å². The summed E-state index contributed by atoms with van der Waals surface area (Å²) < 4.78 is 18.6. The van der Waals surface area contributed by atoms with Gasteiger partial charge in [0.25, 0.3) is 5.91 Å². The summed E-state index contributed by atoms with van der Waals surface area (Å²) in [6.07, 6.45) is -0.0754. The Kier molecular flexibility index (Phi) is 6.74. The van der Waals surface area contributed by atoms with Crippen LogP contribution in [0.2, 0.25) is 0 Å². The van der Waals surface area contributed by atoms with Gasteiger partial charge < -0.3 is 10.1 Å². The highest BCUT2D eigenvalue weighted by molar-refractivity contribution is 6.08. The minimum atomic E-state index is -0.682. The Hall–Kier alpha value is -3.47. The van der Waals surface area contributed by atoms with Crippen molar-refractivity contribution in [3.05, 3.63) is 101 Å². The van der Waals surface area contributed by atoms with Crippen molar-refractivity contribution in [2.45, 2.75) is 19.4 Å². The van der Waals surface area contributed by atoms with E-state index >= 15 is 0 Å². The van der Waals surface area contributed by atoms with Crippen LogP contribution in [-0.4, -0.2) is 24.3 Å². The topological polar surface area (TPSA) is 55.4 Å². The molecule has 1 atom stereocenters. The van der Waals surface area contributed by atoms with Gasteiger partial charge in [-0.05, 0) is 55.3 Å². The third-order valence-electron chi connectivity index (χ3n) is 4.46. The molecule has 0 fully saturated rings. The maximum Gasteiger partial charge on any atom is 0.260 e. The first-order chi connectivity index (χ1) is 14.0.